The van der Waals surface area contributed by atoms with Gasteiger partial charge >= 0.3 is 0 Å². The number of nitrogens with one attached hydrogen (secondary N) is 1. The smallest absolute Gasteiger partial charge is 0.251 e. The highest BCUT2D eigenvalue weighted by Gasteiger charge is 2.16. The Kier molecular flexibility index (Phi) is 3.69. The van der Waals surface area contributed by atoms with Gasteiger partial charge in [-0.25, -0.2) is 0 Å². The minimum atomic E-state index is 0.0123. The normalized spacial score (nSPS) is 18.6. The Morgan fingerprint density at radius 2 is 2.37 bits per heavy atom. The zero-order valence-corrected chi connectivity index (χ0v) is 11.5. The van der Waals surface area contributed by atoms with Gasteiger partial charge in [-0.2, -0.15) is 11.8 Å². The van der Waals surface area contributed by atoms with Crippen LogP contribution in [-0.2, 0) is 0 Å². The van der Waals surface area contributed by atoms with Gasteiger partial charge in [0.25, 0.3) is 5.91 Å². The largest absolute Gasteiger partial charge is 0.351 e. The highest BCUT2D eigenvalue weighted by molar-refractivity contribution is 8.00. The maximum absolute atomic E-state index is 12.1. The van der Waals surface area contributed by atoms with Crippen LogP contribution in [0.15, 0.2) is 36.5 Å². The monoisotopic (exact) mass is 272 g/mol. The van der Waals surface area contributed by atoms with E-state index in [9.17, 15) is 4.79 Å². The quantitative estimate of drug-likeness (QED) is 0.934. The van der Waals surface area contributed by atoms with Crippen LogP contribution in [0.5, 0.6) is 0 Å². The van der Waals surface area contributed by atoms with Gasteiger partial charge in [-0.3, -0.25) is 9.78 Å². The van der Waals surface area contributed by atoms with Crippen molar-refractivity contribution in [2.24, 2.45) is 0 Å². The molecule has 0 aliphatic carbocycles. The van der Waals surface area contributed by atoms with E-state index in [4.69, 9.17) is 0 Å². The Morgan fingerprint density at radius 3 is 3.21 bits per heavy atom. The molecule has 2 aromatic rings. The van der Waals surface area contributed by atoms with Gasteiger partial charge in [0, 0.05) is 28.9 Å². The van der Waals surface area contributed by atoms with Crippen molar-refractivity contribution >= 4 is 28.6 Å². The summed E-state index contributed by atoms with van der Waals surface area (Å²) in [6, 6.07) is 9.51. The lowest BCUT2D eigenvalue weighted by molar-refractivity contribution is 0.0954. The van der Waals surface area contributed by atoms with Crippen molar-refractivity contribution in [1.29, 1.82) is 0 Å². The van der Waals surface area contributed by atoms with Crippen LogP contribution in [0.3, 0.4) is 0 Å². The summed E-state index contributed by atoms with van der Waals surface area (Å²) in [5.41, 5.74) is 1.63. The molecule has 19 heavy (non-hydrogen) atoms. The Labute approximate surface area is 116 Å². The molecule has 1 aromatic carbocycles. The fraction of sp³-hybridized carbons (Fsp3) is 0.333. The average molecular weight is 272 g/mol. The first-order chi connectivity index (χ1) is 9.33. The van der Waals surface area contributed by atoms with Crippen LogP contribution < -0.4 is 5.32 Å². The standard InChI is InChI=1S/C15H16N2OS/c18-15(17-10-13-4-2-8-19-13)12-5-6-14-11(9-12)3-1-7-16-14/h1,3,5-7,9,13H,2,4,8,10H2,(H,17,18). The zero-order chi connectivity index (χ0) is 13.1. The van der Waals surface area contributed by atoms with Crippen molar-refractivity contribution < 1.29 is 4.79 Å². The third-order valence-electron chi connectivity index (χ3n) is 3.38. The molecule has 1 atom stereocenters. The van der Waals surface area contributed by atoms with Gasteiger partial charge in [-0.15, -0.1) is 0 Å². The van der Waals surface area contributed by atoms with E-state index in [2.05, 4.69) is 10.3 Å². The van der Waals surface area contributed by atoms with Crippen LogP contribution in [0.1, 0.15) is 23.2 Å². The van der Waals surface area contributed by atoms with E-state index in [0.717, 1.165) is 17.4 Å². The molecule has 1 unspecified atom stereocenters. The second-order valence-electron chi connectivity index (χ2n) is 4.76. The van der Waals surface area contributed by atoms with Gasteiger partial charge in [0.05, 0.1) is 5.52 Å². The molecule has 0 bridgehead atoms. The van der Waals surface area contributed by atoms with Crippen molar-refractivity contribution in [1.82, 2.24) is 10.3 Å². The number of carbonyl (C=O) groups is 1. The SMILES string of the molecule is O=C(NCC1CCCS1)c1ccc2ncccc2c1. The van der Waals surface area contributed by atoms with Crippen LogP contribution in [0.2, 0.25) is 0 Å². The first kappa shape index (κ1) is 12.5. The van der Waals surface area contributed by atoms with E-state index in [-0.39, 0.29) is 5.91 Å². The van der Waals surface area contributed by atoms with Crippen LogP contribution >= 0.6 is 11.8 Å². The molecule has 1 saturated heterocycles. The van der Waals surface area contributed by atoms with Gasteiger partial charge in [0.1, 0.15) is 0 Å². The van der Waals surface area contributed by atoms with Crippen LogP contribution in [-0.4, -0.2) is 28.4 Å². The lowest BCUT2D eigenvalue weighted by Gasteiger charge is -2.10. The summed E-state index contributed by atoms with van der Waals surface area (Å²) in [4.78, 5) is 16.4. The van der Waals surface area contributed by atoms with Crippen molar-refractivity contribution in [2.45, 2.75) is 18.1 Å². The van der Waals surface area contributed by atoms with Crippen LogP contribution in [0.4, 0.5) is 0 Å². The van der Waals surface area contributed by atoms with Gasteiger partial charge < -0.3 is 5.32 Å². The minimum absolute atomic E-state index is 0.0123. The molecule has 3 rings (SSSR count). The molecule has 1 aliphatic rings. The summed E-state index contributed by atoms with van der Waals surface area (Å²) in [5, 5.41) is 4.62. The number of benzene rings is 1. The maximum atomic E-state index is 12.1. The molecule has 0 saturated carbocycles. The Balaban J connectivity index is 1.70. The Morgan fingerprint density at radius 1 is 1.42 bits per heavy atom. The molecule has 0 radical (unpaired) electrons. The number of hydrogen-bond acceptors (Lipinski definition) is 3. The summed E-state index contributed by atoms with van der Waals surface area (Å²) in [6.45, 7) is 0.772. The van der Waals surface area contributed by atoms with Crippen molar-refractivity contribution in [3.63, 3.8) is 0 Å². The summed E-state index contributed by atoms with van der Waals surface area (Å²) in [6.07, 6.45) is 4.25. The predicted molar refractivity (Wildman–Crippen MR) is 79.6 cm³/mol. The zero-order valence-electron chi connectivity index (χ0n) is 10.6. The van der Waals surface area contributed by atoms with E-state index < -0.39 is 0 Å². The summed E-state index contributed by atoms with van der Waals surface area (Å²) < 4.78 is 0. The third-order valence-corrected chi connectivity index (χ3v) is 4.78. The van der Waals surface area contributed by atoms with Gasteiger partial charge in [-0.1, -0.05) is 6.07 Å². The molecule has 1 aliphatic heterocycles. The number of aromatic nitrogens is 1. The summed E-state index contributed by atoms with van der Waals surface area (Å²) in [5.74, 6) is 1.24. The van der Waals surface area contributed by atoms with E-state index in [0.29, 0.717) is 10.8 Å². The molecule has 4 heteroatoms. The van der Waals surface area contributed by atoms with Crippen molar-refractivity contribution in [3.8, 4) is 0 Å². The number of fused-ring (bicyclic) bond motifs is 1. The average Bonchev–Trinajstić information content (AvgIpc) is 2.97. The molecule has 1 aromatic heterocycles. The number of pyridine rings is 1. The Hall–Kier alpha value is -1.55. The fourth-order valence-electron chi connectivity index (χ4n) is 2.33. The number of rotatable bonds is 3. The molecule has 1 amide bonds. The number of thioether (sulfide) groups is 1. The van der Waals surface area contributed by atoms with Crippen molar-refractivity contribution in [2.75, 3.05) is 12.3 Å². The van der Waals surface area contributed by atoms with E-state index in [1.807, 2.05) is 42.1 Å². The lowest BCUT2D eigenvalue weighted by Crippen LogP contribution is -2.29. The molecular weight excluding hydrogens is 256 g/mol. The molecule has 3 nitrogen and oxygen atoms in total. The molecular formula is C15H16N2OS. The predicted octanol–water partition coefficient (Wildman–Crippen LogP) is 2.86. The number of hydrogen-bond donors (Lipinski definition) is 1. The highest BCUT2D eigenvalue weighted by Crippen LogP contribution is 2.25. The van der Waals surface area contributed by atoms with E-state index >= 15 is 0 Å². The summed E-state index contributed by atoms with van der Waals surface area (Å²) >= 11 is 1.96. The topological polar surface area (TPSA) is 42.0 Å². The summed E-state index contributed by atoms with van der Waals surface area (Å²) in [7, 11) is 0. The first-order valence-electron chi connectivity index (χ1n) is 6.57. The number of nitrogens with zero attached hydrogens (tertiary/aromatic N) is 1. The molecule has 0 spiro atoms. The molecule has 2 heterocycles. The third kappa shape index (κ3) is 2.89. The maximum Gasteiger partial charge on any atom is 0.251 e. The highest BCUT2D eigenvalue weighted by atomic mass is 32.2. The van der Waals surface area contributed by atoms with Gasteiger partial charge in [-0.05, 0) is 42.9 Å². The molecule has 1 N–H and O–H groups in total. The fourth-order valence-corrected chi connectivity index (χ4v) is 3.53. The van der Waals surface area contributed by atoms with Crippen molar-refractivity contribution in [3.05, 3.63) is 42.1 Å². The van der Waals surface area contributed by atoms with Crippen LogP contribution in [0, 0.1) is 0 Å². The second-order valence-corrected chi connectivity index (χ2v) is 6.16. The van der Waals surface area contributed by atoms with Gasteiger partial charge in [0.15, 0.2) is 0 Å². The first-order valence-corrected chi connectivity index (χ1v) is 7.62. The number of amides is 1. The van der Waals surface area contributed by atoms with Crippen LogP contribution in [0.25, 0.3) is 10.9 Å². The van der Waals surface area contributed by atoms with E-state index in [1.54, 1.807) is 6.20 Å². The second kappa shape index (κ2) is 5.61. The minimum Gasteiger partial charge on any atom is -0.351 e. The van der Waals surface area contributed by atoms with Gasteiger partial charge in [0.2, 0.25) is 0 Å². The lowest BCUT2D eigenvalue weighted by atomic mass is 10.1. The Bertz CT molecular complexity index is 593. The molecule has 1 fully saturated rings. The van der Waals surface area contributed by atoms with E-state index in [1.165, 1.54) is 18.6 Å². The number of carbonyl (C=O) groups excluding carboxylic acids is 1. The molecule has 98 valence electrons.